The van der Waals surface area contributed by atoms with Gasteiger partial charge < -0.3 is 14.2 Å². The third-order valence-electron chi connectivity index (χ3n) is 5.31. The highest BCUT2D eigenvalue weighted by Gasteiger charge is 2.45. The van der Waals surface area contributed by atoms with Crippen LogP contribution < -0.4 is 5.32 Å². The van der Waals surface area contributed by atoms with Crippen LogP contribution in [0.2, 0.25) is 0 Å². The zero-order valence-electron chi connectivity index (χ0n) is 15.5. The molecule has 6 nitrogen and oxygen atoms in total. The van der Waals surface area contributed by atoms with E-state index in [1.165, 1.54) is 0 Å². The minimum Gasteiger partial charge on any atom is -0.441 e. The van der Waals surface area contributed by atoms with Crippen LogP contribution in [0.1, 0.15) is 39.0 Å². The number of cyclic esters (lactones) is 1. The molecular formula is C19H28N2O4. The number of esters is 1. The lowest BCUT2D eigenvalue weighted by Crippen LogP contribution is -2.44. The molecule has 3 unspecified atom stereocenters. The molecule has 2 aliphatic rings. The van der Waals surface area contributed by atoms with Crippen molar-refractivity contribution in [1.82, 2.24) is 10.2 Å². The first-order chi connectivity index (χ1) is 11.8. The van der Waals surface area contributed by atoms with Crippen LogP contribution >= 0.6 is 0 Å². The summed E-state index contributed by atoms with van der Waals surface area (Å²) in [6.07, 6.45) is 0.171. The first-order valence-corrected chi connectivity index (χ1v) is 8.80. The molecule has 3 rings (SSSR count). The summed E-state index contributed by atoms with van der Waals surface area (Å²) in [6, 6.07) is 9.95. The van der Waals surface area contributed by atoms with Gasteiger partial charge in [0, 0.05) is 12.2 Å². The van der Waals surface area contributed by atoms with Crippen molar-refractivity contribution in [2.75, 3.05) is 26.9 Å². The molecule has 2 saturated heterocycles. The van der Waals surface area contributed by atoms with Crippen LogP contribution in [0.4, 0.5) is 0 Å². The summed E-state index contributed by atoms with van der Waals surface area (Å²) in [4.78, 5) is 14.5. The number of nitrogens with zero attached hydrogens (tertiary/aromatic N) is 1. The zero-order chi connectivity index (χ0) is 18.1. The molecule has 6 heteroatoms. The van der Waals surface area contributed by atoms with Gasteiger partial charge in [-0.3, -0.25) is 10.2 Å². The van der Waals surface area contributed by atoms with Crippen molar-refractivity contribution in [3.05, 3.63) is 35.9 Å². The Kier molecular flexibility index (Phi) is 5.16. The number of carbonyl (C=O) groups excluding carboxylic acids is 1. The van der Waals surface area contributed by atoms with Crippen molar-refractivity contribution in [2.24, 2.45) is 0 Å². The highest BCUT2D eigenvalue weighted by molar-refractivity contribution is 5.82. The number of rotatable bonds is 6. The van der Waals surface area contributed by atoms with Gasteiger partial charge in [0.05, 0.1) is 19.3 Å². The predicted octanol–water partition coefficient (Wildman–Crippen LogP) is 2.06. The second-order valence-electron chi connectivity index (χ2n) is 7.52. The van der Waals surface area contributed by atoms with Crippen molar-refractivity contribution in [1.29, 1.82) is 0 Å². The Hall–Kier alpha value is -1.47. The van der Waals surface area contributed by atoms with Crippen LogP contribution in [0.25, 0.3) is 0 Å². The Morgan fingerprint density at radius 1 is 1.28 bits per heavy atom. The summed E-state index contributed by atoms with van der Waals surface area (Å²) >= 11 is 0. The van der Waals surface area contributed by atoms with Crippen LogP contribution in [-0.4, -0.2) is 55.0 Å². The lowest BCUT2D eigenvalue weighted by molar-refractivity contribution is -0.145. The van der Waals surface area contributed by atoms with Gasteiger partial charge in [-0.15, -0.1) is 0 Å². The summed E-state index contributed by atoms with van der Waals surface area (Å²) in [5.74, 6) is -0.229. The molecule has 1 N–H and O–H groups in total. The summed E-state index contributed by atoms with van der Waals surface area (Å²) < 4.78 is 17.1. The van der Waals surface area contributed by atoms with Crippen molar-refractivity contribution in [3.8, 4) is 0 Å². The van der Waals surface area contributed by atoms with Crippen LogP contribution in [0, 0.1) is 0 Å². The Morgan fingerprint density at radius 3 is 2.64 bits per heavy atom. The van der Waals surface area contributed by atoms with Crippen molar-refractivity contribution in [3.63, 3.8) is 0 Å². The summed E-state index contributed by atoms with van der Waals surface area (Å²) in [5, 5.41) is 3.30. The molecule has 0 saturated carbocycles. The van der Waals surface area contributed by atoms with Crippen molar-refractivity contribution >= 4 is 5.97 Å². The molecule has 0 aliphatic carbocycles. The molecule has 138 valence electrons. The largest absolute Gasteiger partial charge is 0.441 e. The van der Waals surface area contributed by atoms with Crippen LogP contribution in [0.3, 0.4) is 0 Å². The minimum absolute atomic E-state index is 0.229. The first kappa shape index (κ1) is 18.3. The Labute approximate surface area is 149 Å². The zero-order valence-corrected chi connectivity index (χ0v) is 15.5. The fourth-order valence-electron chi connectivity index (χ4n) is 3.18. The number of hydrogen-bond donors (Lipinski definition) is 1. The average molecular weight is 348 g/mol. The molecule has 0 radical (unpaired) electrons. The molecule has 1 aromatic rings. The van der Waals surface area contributed by atoms with Gasteiger partial charge >= 0.3 is 5.97 Å². The van der Waals surface area contributed by atoms with E-state index >= 15 is 0 Å². The van der Waals surface area contributed by atoms with Gasteiger partial charge in [0.15, 0.2) is 6.23 Å². The van der Waals surface area contributed by atoms with E-state index in [9.17, 15) is 4.79 Å². The molecule has 2 heterocycles. The van der Waals surface area contributed by atoms with Gasteiger partial charge in [0.25, 0.3) is 0 Å². The normalized spacial score (nSPS) is 32.1. The van der Waals surface area contributed by atoms with E-state index < -0.39 is 11.8 Å². The summed E-state index contributed by atoms with van der Waals surface area (Å²) in [5.41, 5.74) is -0.0233. The number of hydrogen-bond acceptors (Lipinski definition) is 6. The highest BCUT2D eigenvalue weighted by Crippen LogP contribution is 2.30. The third kappa shape index (κ3) is 3.87. The maximum atomic E-state index is 12.3. The SMILES string of the molecule is CN1C(COCCC2(C)NC(c3ccccc3)OC2=O)COC1(C)C. The van der Waals surface area contributed by atoms with E-state index in [0.717, 1.165) is 5.56 Å². The van der Waals surface area contributed by atoms with Crippen LogP contribution in [0.5, 0.6) is 0 Å². The molecule has 3 atom stereocenters. The lowest BCUT2D eigenvalue weighted by atomic mass is 9.99. The van der Waals surface area contributed by atoms with E-state index in [0.29, 0.717) is 26.2 Å². The van der Waals surface area contributed by atoms with Gasteiger partial charge in [-0.2, -0.15) is 0 Å². The summed E-state index contributed by atoms with van der Waals surface area (Å²) in [6.45, 7) is 7.72. The van der Waals surface area contributed by atoms with Gasteiger partial charge in [0.1, 0.15) is 11.3 Å². The second kappa shape index (κ2) is 7.03. The maximum absolute atomic E-state index is 12.3. The second-order valence-corrected chi connectivity index (χ2v) is 7.52. The highest BCUT2D eigenvalue weighted by atomic mass is 16.6. The topological polar surface area (TPSA) is 60.0 Å². The molecule has 2 aliphatic heterocycles. The minimum atomic E-state index is -0.724. The Bertz CT molecular complexity index is 607. The molecule has 2 fully saturated rings. The van der Waals surface area contributed by atoms with Gasteiger partial charge in [-0.05, 0) is 34.2 Å². The third-order valence-corrected chi connectivity index (χ3v) is 5.31. The van der Waals surface area contributed by atoms with E-state index in [1.54, 1.807) is 0 Å². The molecular weight excluding hydrogens is 320 g/mol. The first-order valence-electron chi connectivity index (χ1n) is 8.80. The van der Waals surface area contributed by atoms with E-state index in [1.807, 2.05) is 44.3 Å². The number of ether oxygens (including phenoxy) is 3. The predicted molar refractivity (Wildman–Crippen MR) is 93.8 cm³/mol. The fourth-order valence-corrected chi connectivity index (χ4v) is 3.18. The Morgan fingerprint density at radius 2 is 2.00 bits per heavy atom. The van der Waals surface area contributed by atoms with E-state index in [2.05, 4.69) is 24.1 Å². The molecule has 25 heavy (non-hydrogen) atoms. The van der Waals surface area contributed by atoms with Crippen molar-refractivity contribution < 1.29 is 19.0 Å². The van der Waals surface area contributed by atoms with Crippen molar-refractivity contribution in [2.45, 2.75) is 50.7 Å². The number of carbonyl (C=O) groups is 1. The maximum Gasteiger partial charge on any atom is 0.328 e. The number of nitrogens with one attached hydrogen (secondary N) is 1. The number of likely N-dealkylation sites (N-methyl/N-ethyl adjacent to an activating group) is 1. The fraction of sp³-hybridized carbons (Fsp3) is 0.632. The molecule has 1 aromatic carbocycles. The monoisotopic (exact) mass is 348 g/mol. The molecule has 0 amide bonds. The standard InChI is InChI=1S/C19H28N2O4/c1-18(2)21(4)15(13-24-18)12-23-11-10-19(3)17(22)25-16(20-19)14-8-6-5-7-9-14/h5-9,15-16,20H,10-13H2,1-4H3. The molecule has 0 bridgehead atoms. The van der Waals surface area contributed by atoms with E-state index in [-0.39, 0.29) is 17.7 Å². The molecule has 0 aromatic heterocycles. The lowest BCUT2D eigenvalue weighted by Gasteiger charge is -2.29. The van der Waals surface area contributed by atoms with Gasteiger partial charge in [-0.25, -0.2) is 4.79 Å². The quantitative estimate of drug-likeness (QED) is 0.627. The van der Waals surface area contributed by atoms with Crippen LogP contribution in [-0.2, 0) is 19.0 Å². The van der Waals surface area contributed by atoms with Gasteiger partial charge in [-0.1, -0.05) is 30.3 Å². The van der Waals surface area contributed by atoms with Crippen LogP contribution in [0.15, 0.2) is 30.3 Å². The smallest absolute Gasteiger partial charge is 0.328 e. The molecule has 0 spiro atoms. The number of benzene rings is 1. The van der Waals surface area contributed by atoms with Gasteiger partial charge in [0.2, 0.25) is 0 Å². The van der Waals surface area contributed by atoms with E-state index in [4.69, 9.17) is 14.2 Å². The Balaban J connectivity index is 1.47. The average Bonchev–Trinajstić information content (AvgIpc) is 3.03. The summed E-state index contributed by atoms with van der Waals surface area (Å²) in [7, 11) is 2.04.